The van der Waals surface area contributed by atoms with Crippen molar-refractivity contribution in [1.29, 1.82) is 0 Å². The van der Waals surface area contributed by atoms with E-state index in [1.807, 2.05) is 19.2 Å². The lowest BCUT2D eigenvalue weighted by molar-refractivity contribution is 0.0950. The van der Waals surface area contributed by atoms with E-state index in [4.69, 9.17) is 5.11 Å². The van der Waals surface area contributed by atoms with Crippen molar-refractivity contribution in [1.82, 2.24) is 10.2 Å². The van der Waals surface area contributed by atoms with E-state index < -0.39 is 0 Å². The summed E-state index contributed by atoms with van der Waals surface area (Å²) in [5, 5.41) is 11.6. The highest BCUT2D eigenvalue weighted by atomic mass is 16.2. The van der Waals surface area contributed by atoms with Gasteiger partial charge in [-0.25, -0.2) is 0 Å². The molecule has 0 unspecified atom stereocenters. The molecule has 0 heterocycles. The molecule has 0 radical (unpaired) electrons. The number of benzene rings is 1. The van der Waals surface area contributed by atoms with Crippen molar-refractivity contribution < 1.29 is 9.90 Å². The van der Waals surface area contributed by atoms with Crippen LogP contribution in [0.4, 0.5) is 0 Å². The molecule has 4 heteroatoms. The predicted octanol–water partition coefficient (Wildman–Crippen LogP) is 1.10. The second kappa shape index (κ2) is 9.13. The first-order chi connectivity index (χ1) is 9.67. The minimum atomic E-state index is -0.0830. The monoisotopic (exact) mass is 274 g/mol. The Hall–Kier alpha value is -1.83. The van der Waals surface area contributed by atoms with Gasteiger partial charge in [-0.2, -0.15) is 0 Å². The zero-order chi connectivity index (χ0) is 14.8. The summed E-state index contributed by atoms with van der Waals surface area (Å²) >= 11 is 0. The van der Waals surface area contributed by atoms with Crippen LogP contribution in [0.2, 0.25) is 0 Å². The van der Waals surface area contributed by atoms with Gasteiger partial charge in [0, 0.05) is 30.6 Å². The van der Waals surface area contributed by atoms with Crippen molar-refractivity contribution in [3.63, 3.8) is 0 Å². The van der Waals surface area contributed by atoms with E-state index in [0.717, 1.165) is 18.7 Å². The lowest BCUT2D eigenvalue weighted by atomic mass is 10.1. The molecule has 0 atom stereocenters. The van der Waals surface area contributed by atoms with E-state index in [9.17, 15) is 4.79 Å². The minimum absolute atomic E-state index is 0.0537. The van der Waals surface area contributed by atoms with Crippen LogP contribution in [-0.4, -0.2) is 49.2 Å². The van der Waals surface area contributed by atoms with Crippen molar-refractivity contribution in [2.24, 2.45) is 0 Å². The van der Waals surface area contributed by atoms with Gasteiger partial charge in [0.25, 0.3) is 5.91 Å². The summed E-state index contributed by atoms with van der Waals surface area (Å²) < 4.78 is 0. The molecule has 0 aliphatic rings. The number of aliphatic hydroxyl groups excluding tert-OH is 1. The zero-order valence-corrected chi connectivity index (χ0v) is 12.1. The van der Waals surface area contributed by atoms with E-state index in [-0.39, 0.29) is 12.5 Å². The predicted molar refractivity (Wildman–Crippen MR) is 80.5 cm³/mol. The molecule has 2 N–H and O–H groups in total. The molecule has 1 rings (SSSR count). The molecule has 20 heavy (non-hydrogen) atoms. The largest absolute Gasteiger partial charge is 0.395 e. The van der Waals surface area contributed by atoms with E-state index in [0.29, 0.717) is 18.5 Å². The van der Waals surface area contributed by atoms with Crippen LogP contribution in [0, 0.1) is 11.8 Å². The molecule has 0 aromatic heterocycles. The van der Waals surface area contributed by atoms with Gasteiger partial charge in [-0.3, -0.25) is 4.79 Å². The van der Waals surface area contributed by atoms with Crippen molar-refractivity contribution in [2.75, 3.05) is 33.3 Å². The molecule has 4 nitrogen and oxygen atoms in total. The fourth-order valence-electron chi connectivity index (χ4n) is 1.58. The molecule has 1 aromatic carbocycles. The third-order valence-corrected chi connectivity index (χ3v) is 2.91. The highest BCUT2D eigenvalue weighted by Gasteiger charge is 2.05. The SMILES string of the molecule is CCN(C)CCNC(=O)c1cccc(C#CCCO)c1. The molecule has 0 spiro atoms. The fourth-order valence-corrected chi connectivity index (χ4v) is 1.58. The first-order valence-corrected chi connectivity index (χ1v) is 6.84. The van der Waals surface area contributed by atoms with Gasteiger partial charge >= 0.3 is 0 Å². The first-order valence-electron chi connectivity index (χ1n) is 6.84. The normalized spacial score (nSPS) is 10.0. The fraction of sp³-hybridized carbons (Fsp3) is 0.438. The molecular formula is C16H22N2O2. The summed E-state index contributed by atoms with van der Waals surface area (Å²) in [6.45, 7) is 4.56. The van der Waals surface area contributed by atoms with Crippen molar-refractivity contribution in [2.45, 2.75) is 13.3 Å². The van der Waals surface area contributed by atoms with Crippen molar-refractivity contribution >= 4 is 5.91 Å². The smallest absolute Gasteiger partial charge is 0.251 e. The molecule has 1 amide bonds. The van der Waals surface area contributed by atoms with E-state index in [1.165, 1.54) is 0 Å². The van der Waals surface area contributed by atoms with Crippen LogP contribution in [0.1, 0.15) is 29.3 Å². The third kappa shape index (κ3) is 5.87. The van der Waals surface area contributed by atoms with E-state index in [2.05, 4.69) is 29.0 Å². The number of carbonyl (C=O) groups is 1. The number of carbonyl (C=O) groups excluding carboxylic acids is 1. The first kappa shape index (κ1) is 16.2. The Kier molecular flexibility index (Phi) is 7.41. The summed E-state index contributed by atoms with van der Waals surface area (Å²) in [5.41, 5.74) is 1.40. The van der Waals surface area contributed by atoms with Crippen LogP contribution < -0.4 is 5.32 Å². The van der Waals surface area contributed by atoms with Crippen LogP contribution in [-0.2, 0) is 0 Å². The average Bonchev–Trinajstić information content (AvgIpc) is 2.47. The van der Waals surface area contributed by atoms with Crippen LogP contribution in [0.25, 0.3) is 0 Å². The van der Waals surface area contributed by atoms with Crippen LogP contribution >= 0.6 is 0 Å². The summed E-state index contributed by atoms with van der Waals surface area (Å²) in [6.07, 6.45) is 0.444. The van der Waals surface area contributed by atoms with Gasteiger partial charge < -0.3 is 15.3 Å². The molecule has 0 aliphatic carbocycles. The summed E-state index contributed by atoms with van der Waals surface area (Å²) in [5.74, 6) is 5.69. The Morgan fingerprint density at radius 2 is 2.25 bits per heavy atom. The second-order valence-electron chi connectivity index (χ2n) is 4.51. The van der Waals surface area contributed by atoms with Gasteiger partial charge in [-0.15, -0.1) is 0 Å². The number of hydrogen-bond donors (Lipinski definition) is 2. The molecule has 0 bridgehead atoms. The van der Waals surface area contributed by atoms with Crippen LogP contribution in [0.3, 0.4) is 0 Å². The molecule has 108 valence electrons. The minimum Gasteiger partial charge on any atom is -0.395 e. The maximum atomic E-state index is 12.0. The van der Waals surface area contributed by atoms with Crippen molar-refractivity contribution in [3.8, 4) is 11.8 Å². The molecule has 0 saturated heterocycles. The third-order valence-electron chi connectivity index (χ3n) is 2.91. The van der Waals surface area contributed by atoms with Crippen LogP contribution in [0.15, 0.2) is 24.3 Å². The maximum absolute atomic E-state index is 12.0. The number of likely N-dealkylation sites (N-methyl/N-ethyl adjacent to an activating group) is 1. The van der Waals surface area contributed by atoms with Gasteiger partial charge in [-0.05, 0) is 31.8 Å². The summed E-state index contributed by atoms with van der Waals surface area (Å²) in [7, 11) is 2.02. The number of aliphatic hydroxyl groups is 1. The molecular weight excluding hydrogens is 252 g/mol. The van der Waals surface area contributed by atoms with Gasteiger partial charge in [0.1, 0.15) is 0 Å². The molecule has 0 aliphatic heterocycles. The number of rotatable bonds is 6. The van der Waals surface area contributed by atoms with Crippen molar-refractivity contribution in [3.05, 3.63) is 35.4 Å². The Labute approximate surface area is 120 Å². The standard InChI is InChI=1S/C16H22N2O2/c1-3-18(2)11-10-17-16(20)15-9-6-8-14(13-15)7-4-5-12-19/h6,8-9,13,19H,3,5,10-12H2,1-2H3,(H,17,20). The highest BCUT2D eigenvalue weighted by molar-refractivity contribution is 5.94. The van der Waals surface area contributed by atoms with E-state index in [1.54, 1.807) is 12.1 Å². The lowest BCUT2D eigenvalue weighted by Gasteiger charge is -2.14. The molecule has 0 fully saturated rings. The Bertz CT molecular complexity index is 489. The lowest BCUT2D eigenvalue weighted by Crippen LogP contribution is -2.32. The van der Waals surface area contributed by atoms with Crippen LogP contribution in [0.5, 0.6) is 0 Å². The number of hydrogen-bond acceptors (Lipinski definition) is 3. The number of nitrogens with zero attached hydrogens (tertiary/aromatic N) is 1. The average molecular weight is 274 g/mol. The maximum Gasteiger partial charge on any atom is 0.251 e. The molecule has 0 saturated carbocycles. The van der Waals surface area contributed by atoms with Gasteiger partial charge in [0.15, 0.2) is 0 Å². The summed E-state index contributed by atoms with van der Waals surface area (Å²) in [4.78, 5) is 14.1. The number of nitrogens with one attached hydrogen (secondary N) is 1. The Morgan fingerprint density at radius 3 is 2.95 bits per heavy atom. The zero-order valence-electron chi connectivity index (χ0n) is 12.1. The topological polar surface area (TPSA) is 52.6 Å². The highest BCUT2D eigenvalue weighted by Crippen LogP contribution is 2.04. The molecule has 1 aromatic rings. The second-order valence-corrected chi connectivity index (χ2v) is 4.51. The Balaban J connectivity index is 2.56. The van der Waals surface area contributed by atoms with E-state index >= 15 is 0 Å². The van der Waals surface area contributed by atoms with Gasteiger partial charge in [0.05, 0.1) is 6.61 Å². The summed E-state index contributed by atoms with van der Waals surface area (Å²) in [6, 6.07) is 7.21. The van der Waals surface area contributed by atoms with Gasteiger partial charge in [-0.1, -0.05) is 24.8 Å². The Morgan fingerprint density at radius 1 is 1.45 bits per heavy atom. The quantitative estimate of drug-likeness (QED) is 0.764. The van der Waals surface area contributed by atoms with Gasteiger partial charge in [0.2, 0.25) is 0 Å². The number of amides is 1.